The van der Waals surface area contributed by atoms with Crippen LogP contribution in [0.3, 0.4) is 0 Å². The average Bonchev–Trinajstić information content (AvgIpc) is 3.08. The molecule has 0 saturated heterocycles. The van der Waals surface area contributed by atoms with Crippen molar-refractivity contribution in [3.63, 3.8) is 0 Å². The lowest BCUT2D eigenvalue weighted by atomic mass is 10.2. The number of ether oxygens (including phenoxy) is 1. The fraction of sp³-hybridized carbons (Fsp3) is 0.0556. The lowest BCUT2D eigenvalue weighted by Crippen LogP contribution is -2.22. The fourth-order valence-corrected chi connectivity index (χ4v) is 2.57. The number of halogens is 2. The van der Waals surface area contributed by atoms with Crippen LogP contribution in [0.5, 0.6) is 11.6 Å². The molecule has 0 N–H and O–H groups in total. The molecular weight excluding hydrogens is 342 g/mol. The Morgan fingerprint density at radius 2 is 1.81 bits per heavy atom. The molecule has 0 saturated carbocycles. The molecule has 0 spiro atoms. The summed E-state index contributed by atoms with van der Waals surface area (Å²) >= 11 is 0. The van der Waals surface area contributed by atoms with E-state index >= 15 is 0 Å². The molecule has 0 radical (unpaired) electrons. The van der Waals surface area contributed by atoms with E-state index in [-0.39, 0.29) is 4.57 Å². The second-order valence-corrected chi connectivity index (χ2v) is 5.43. The smallest absolute Gasteiger partial charge is 0.321 e. The highest BCUT2D eigenvalue weighted by atomic mass is 19.3. The van der Waals surface area contributed by atoms with Gasteiger partial charge in [0.05, 0.1) is 17.4 Å². The van der Waals surface area contributed by atoms with Gasteiger partial charge in [-0.25, -0.2) is 9.67 Å². The summed E-state index contributed by atoms with van der Waals surface area (Å²) in [4.78, 5) is 15.6. The van der Waals surface area contributed by atoms with Gasteiger partial charge in [0.1, 0.15) is 5.75 Å². The van der Waals surface area contributed by atoms with Crippen molar-refractivity contribution in [3.05, 3.63) is 77.5 Å². The molecular formula is C18H12F2N4O2. The molecule has 0 bridgehead atoms. The van der Waals surface area contributed by atoms with Crippen LogP contribution in [0.15, 0.2) is 71.9 Å². The van der Waals surface area contributed by atoms with Crippen LogP contribution in [-0.4, -0.2) is 19.3 Å². The molecule has 2 heterocycles. The lowest BCUT2D eigenvalue weighted by Gasteiger charge is -2.08. The third-order valence-electron chi connectivity index (χ3n) is 3.82. The van der Waals surface area contributed by atoms with E-state index < -0.39 is 18.0 Å². The van der Waals surface area contributed by atoms with E-state index in [1.807, 2.05) is 24.3 Å². The van der Waals surface area contributed by atoms with Crippen molar-refractivity contribution in [2.24, 2.45) is 0 Å². The van der Waals surface area contributed by atoms with Crippen molar-refractivity contribution >= 4 is 10.9 Å². The van der Waals surface area contributed by atoms with Gasteiger partial charge in [-0.1, -0.05) is 18.2 Å². The van der Waals surface area contributed by atoms with Crippen molar-refractivity contribution in [2.45, 2.75) is 6.55 Å². The zero-order valence-corrected chi connectivity index (χ0v) is 13.3. The number of aromatic nitrogens is 4. The summed E-state index contributed by atoms with van der Waals surface area (Å²) in [5.74, 6) is -0.105. The number of rotatable bonds is 4. The van der Waals surface area contributed by atoms with Gasteiger partial charge in [0.15, 0.2) is 0 Å². The number of para-hydroxylation sites is 1. The SMILES string of the molecule is O=c1c(Oc2ccc(-n3ncc4ccccc43)cc2)nccn1C(F)F. The maximum absolute atomic E-state index is 12.8. The fourth-order valence-electron chi connectivity index (χ4n) is 2.57. The summed E-state index contributed by atoms with van der Waals surface area (Å²) in [5.41, 5.74) is 0.750. The largest absolute Gasteiger partial charge is 0.435 e. The Balaban J connectivity index is 1.63. The average molecular weight is 354 g/mol. The molecule has 0 aliphatic rings. The minimum absolute atomic E-state index is 0.257. The number of benzene rings is 2. The molecule has 0 atom stereocenters. The molecule has 0 unspecified atom stereocenters. The molecule has 130 valence electrons. The normalized spacial score (nSPS) is 11.2. The Bertz CT molecular complexity index is 1120. The summed E-state index contributed by atoms with van der Waals surface area (Å²) in [5, 5.41) is 5.36. The van der Waals surface area contributed by atoms with Gasteiger partial charge in [-0.05, 0) is 30.3 Å². The maximum Gasteiger partial charge on any atom is 0.321 e. The predicted octanol–water partition coefficient (Wildman–Crippen LogP) is 3.77. The van der Waals surface area contributed by atoms with Crippen LogP contribution in [0.4, 0.5) is 8.78 Å². The number of nitrogens with zero attached hydrogens (tertiary/aromatic N) is 4. The quantitative estimate of drug-likeness (QED) is 0.560. The van der Waals surface area contributed by atoms with Crippen LogP contribution in [0.1, 0.15) is 6.55 Å². The highest BCUT2D eigenvalue weighted by Crippen LogP contribution is 2.22. The van der Waals surface area contributed by atoms with E-state index in [1.165, 1.54) is 0 Å². The highest BCUT2D eigenvalue weighted by molar-refractivity contribution is 5.80. The first-order valence-electron chi connectivity index (χ1n) is 7.70. The van der Waals surface area contributed by atoms with Gasteiger partial charge in [-0.2, -0.15) is 13.9 Å². The Labute approximate surface area is 145 Å². The molecule has 4 aromatic rings. The van der Waals surface area contributed by atoms with E-state index in [4.69, 9.17) is 4.74 Å². The van der Waals surface area contributed by atoms with Crippen molar-refractivity contribution in [1.29, 1.82) is 0 Å². The van der Waals surface area contributed by atoms with Gasteiger partial charge in [0.2, 0.25) is 0 Å². The van der Waals surface area contributed by atoms with Gasteiger partial charge in [-0.3, -0.25) is 9.36 Å². The Hall–Kier alpha value is -3.55. The standard InChI is InChI=1S/C18H12F2N4O2/c19-18(20)23-10-9-21-16(17(23)25)26-14-7-5-13(6-8-14)24-15-4-2-1-3-12(15)11-22-24/h1-11,18H. The summed E-state index contributed by atoms with van der Waals surface area (Å²) in [6, 6.07) is 14.5. The third kappa shape index (κ3) is 2.81. The molecule has 2 aromatic carbocycles. The van der Waals surface area contributed by atoms with E-state index in [9.17, 15) is 13.6 Å². The molecule has 6 nitrogen and oxygen atoms in total. The number of fused-ring (bicyclic) bond motifs is 1. The van der Waals surface area contributed by atoms with Gasteiger partial charge in [0, 0.05) is 17.8 Å². The monoisotopic (exact) mass is 354 g/mol. The van der Waals surface area contributed by atoms with Gasteiger partial charge in [0.25, 0.3) is 5.88 Å². The zero-order chi connectivity index (χ0) is 18.1. The van der Waals surface area contributed by atoms with Crippen LogP contribution < -0.4 is 10.3 Å². The topological polar surface area (TPSA) is 61.9 Å². The molecule has 0 aliphatic heterocycles. The van der Waals surface area contributed by atoms with Crippen LogP contribution in [-0.2, 0) is 0 Å². The van der Waals surface area contributed by atoms with E-state index in [1.54, 1.807) is 35.1 Å². The van der Waals surface area contributed by atoms with Crippen molar-refractivity contribution < 1.29 is 13.5 Å². The molecule has 26 heavy (non-hydrogen) atoms. The summed E-state index contributed by atoms with van der Waals surface area (Å²) in [6.45, 7) is -2.96. The van der Waals surface area contributed by atoms with Crippen LogP contribution >= 0.6 is 0 Å². The second-order valence-electron chi connectivity index (χ2n) is 5.43. The number of hydrogen-bond acceptors (Lipinski definition) is 4. The minimum atomic E-state index is -2.96. The Kier molecular flexibility index (Phi) is 3.92. The van der Waals surface area contributed by atoms with E-state index in [2.05, 4.69) is 10.1 Å². The summed E-state index contributed by atoms with van der Waals surface area (Å²) in [7, 11) is 0. The van der Waals surface area contributed by atoms with E-state index in [0.29, 0.717) is 5.75 Å². The summed E-state index contributed by atoms with van der Waals surface area (Å²) in [6.07, 6.45) is 3.76. The highest BCUT2D eigenvalue weighted by Gasteiger charge is 2.13. The van der Waals surface area contributed by atoms with Gasteiger partial charge in [-0.15, -0.1) is 0 Å². The minimum Gasteiger partial charge on any atom is -0.435 e. The van der Waals surface area contributed by atoms with Crippen molar-refractivity contribution in [3.8, 4) is 17.3 Å². The third-order valence-corrected chi connectivity index (χ3v) is 3.82. The maximum atomic E-state index is 12.8. The van der Waals surface area contributed by atoms with Gasteiger partial charge < -0.3 is 4.74 Å². The first-order chi connectivity index (χ1) is 12.6. The molecule has 0 aliphatic carbocycles. The van der Waals surface area contributed by atoms with Gasteiger partial charge >= 0.3 is 12.1 Å². The predicted molar refractivity (Wildman–Crippen MR) is 90.9 cm³/mol. The number of hydrogen-bond donors (Lipinski definition) is 0. The molecule has 4 rings (SSSR count). The Morgan fingerprint density at radius 3 is 2.58 bits per heavy atom. The summed E-state index contributed by atoms with van der Waals surface area (Å²) < 4.78 is 32.9. The second kappa shape index (κ2) is 6.40. The number of alkyl halides is 2. The van der Waals surface area contributed by atoms with Crippen LogP contribution in [0, 0.1) is 0 Å². The Morgan fingerprint density at radius 1 is 1.04 bits per heavy atom. The van der Waals surface area contributed by atoms with Crippen LogP contribution in [0.2, 0.25) is 0 Å². The van der Waals surface area contributed by atoms with Crippen molar-refractivity contribution in [1.82, 2.24) is 19.3 Å². The van der Waals surface area contributed by atoms with E-state index in [0.717, 1.165) is 29.0 Å². The van der Waals surface area contributed by atoms with Crippen molar-refractivity contribution in [2.75, 3.05) is 0 Å². The molecule has 0 fully saturated rings. The van der Waals surface area contributed by atoms with Crippen LogP contribution in [0.25, 0.3) is 16.6 Å². The lowest BCUT2D eigenvalue weighted by molar-refractivity contribution is 0.0650. The molecule has 0 amide bonds. The zero-order valence-electron chi connectivity index (χ0n) is 13.3. The molecule has 8 heteroatoms. The first kappa shape index (κ1) is 15.9. The first-order valence-corrected chi connectivity index (χ1v) is 7.70. The molecule has 2 aromatic heterocycles.